The van der Waals surface area contributed by atoms with Crippen LogP contribution in [0.25, 0.3) is 0 Å². The molecule has 2 aliphatic rings. The Kier molecular flexibility index (Phi) is 4.39. The maximum atomic E-state index is 4.56. The van der Waals surface area contributed by atoms with Crippen molar-refractivity contribution >= 4 is 0 Å². The van der Waals surface area contributed by atoms with Gasteiger partial charge in [-0.2, -0.15) is 0 Å². The second kappa shape index (κ2) is 6.67. The molecule has 1 aliphatic carbocycles. The fourth-order valence-electron chi connectivity index (χ4n) is 4.41. The van der Waals surface area contributed by atoms with E-state index in [9.17, 15) is 0 Å². The highest BCUT2D eigenvalue weighted by Gasteiger charge is 2.30. The van der Waals surface area contributed by atoms with Gasteiger partial charge in [0.25, 0.3) is 0 Å². The summed E-state index contributed by atoms with van der Waals surface area (Å²) in [5, 5.41) is 9.04. The maximum Gasteiger partial charge on any atom is 0.152 e. The van der Waals surface area contributed by atoms with Crippen molar-refractivity contribution in [3.05, 3.63) is 29.9 Å². The van der Waals surface area contributed by atoms with Crippen LogP contribution in [0, 0.1) is 6.92 Å². The molecule has 1 saturated carbocycles. The molecule has 1 atom stereocenters. The van der Waals surface area contributed by atoms with Crippen molar-refractivity contribution in [2.24, 2.45) is 7.05 Å². The number of imidazole rings is 1. The number of piperidine rings is 1. The quantitative estimate of drug-likeness (QED) is 0.865. The van der Waals surface area contributed by atoms with Gasteiger partial charge in [-0.15, -0.1) is 10.2 Å². The molecule has 6 heteroatoms. The monoisotopic (exact) mass is 328 g/mol. The van der Waals surface area contributed by atoms with Gasteiger partial charge in [0.2, 0.25) is 0 Å². The summed E-state index contributed by atoms with van der Waals surface area (Å²) >= 11 is 0. The van der Waals surface area contributed by atoms with E-state index in [0.29, 0.717) is 5.92 Å². The van der Waals surface area contributed by atoms with Gasteiger partial charge < -0.3 is 9.13 Å². The van der Waals surface area contributed by atoms with Gasteiger partial charge in [-0.1, -0.05) is 12.8 Å². The molecule has 0 amide bonds. The Morgan fingerprint density at radius 2 is 1.96 bits per heavy atom. The van der Waals surface area contributed by atoms with Crippen LogP contribution in [0.2, 0.25) is 0 Å². The Bertz CT molecular complexity index is 681. The number of nitrogens with zero attached hydrogens (tertiary/aromatic N) is 6. The smallest absolute Gasteiger partial charge is 0.152 e. The van der Waals surface area contributed by atoms with Crippen LogP contribution in [0.1, 0.15) is 61.9 Å². The van der Waals surface area contributed by atoms with E-state index in [1.165, 1.54) is 45.1 Å². The van der Waals surface area contributed by atoms with Gasteiger partial charge in [-0.05, 0) is 39.2 Å². The minimum absolute atomic E-state index is 0.523. The standard InChI is InChI=1S/C18H28N6/c1-14-19-9-11-23(14)13-17-20-21-18(22(17)2)15-6-5-10-24(12-15)16-7-3-4-8-16/h9,11,15-16H,3-8,10,12-13H2,1-2H3/t15-/m0/s1. The Labute approximate surface area is 143 Å². The molecule has 130 valence electrons. The first-order valence-corrected chi connectivity index (χ1v) is 9.32. The first kappa shape index (κ1) is 15.8. The zero-order valence-corrected chi connectivity index (χ0v) is 14.9. The number of aromatic nitrogens is 5. The van der Waals surface area contributed by atoms with E-state index in [0.717, 1.165) is 36.6 Å². The van der Waals surface area contributed by atoms with Gasteiger partial charge in [0.1, 0.15) is 11.6 Å². The second-order valence-electron chi connectivity index (χ2n) is 7.41. The molecule has 6 nitrogen and oxygen atoms in total. The highest BCUT2D eigenvalue weighted by Crippen LogP contribution is 2.31. The molecule has 0 unspecified atom stereocenters. The average Bonchev–Trinajstić information content (AvgIpc) is 3.32. The van der Waals surface area contributed by atoms with E-state index < -0.39 is 0 Å². The molecule has 4 rings (SSSR count). The predicted octanol–water partition coefficient (Wildman–Crippen LogP) is 2.49. The molecular formula is C18H28N6. The Morgan fingerprint density at radius 1 is 1.12 bits per heavy atom. The van der Waals surface area contributed by atoms with Crippen molar-refractivity contribution in [3.63, 3.8) is 0 Å². The highest BCUT2D eigenvalue weighted by molar-refractivity contribution is 5.06. The fourth-order valence-corrected chi connectivity index (χ4v) is 4.41. The SMILES string of the molecule is Cc1nccn1Cc1nnc([C@H]2CCCN(C3CCCC3)C2)n1C. The Balaban J connectivity index is 1.48. The van der Waals surface area contributed by atoms with E-state index >= 15 is 0 Å². The van der Waals surface area contributed by atoms with E-state index in [-0.39, 0.29) is 0 Å². The number of aryl methyl sites for hydroxylation is 1. The average molecular weight is 328 g/mol. The zero-order valence-electron chi connectivity index (χ0n) is 14.9. The van der Waals surface area contributed by atoms with E-state index in [4.69, 9.17) is 0 Å². The van der Waals surface area contributed by atoms with Crippen molar-refractivity contribution in [2.75, 3.05) is 13.1 Å². The second-order valence-corrected chi connectivity index (χ2v) is 7.41. The van der Waals surface area contributed by atoms with Crippen LogP contribution in [-0.4, -0.2) is 48.3 Å². The van der Waals surface area contributed by atoms with Crippen LogP contribution in [0.5, 0.6) is 0 Å². The summed E-state index contributed by atoms with van der Waals surface area (Å²) in [5.41, 5.74) is 0. The third-order valence-corrected chi connectivity index (χ3v) is 5.89. The molecule has 0 radical (unpaired) electrons. The summed E-state index contributed by atoms with van der Waals surface area (Å²) in [4.78, 5) is 7.01. The largest absolute Gasteiger partial charge is 0.328 e. The van der Waals surface area contributed by atoms with Gasteiger partial charge >= 0.3 is 0 Å². The van der Waals surface area contributed by atoms with Gasteiger partial charge in [0.05, 0.1) is 6.54 Å². The molecule has 1 saturated heterocycles. The molecule has 2 aromatic rings. The maximum absolute atomic E-state index is 4.56. The van der Waals surface area contributed by atoms with Gasteiger partial charge in [0.15, 0.2) is 5.82 Å². The van der Waals surface area contributed by atoms with Crippen LogP contribution < -0.4 is 0 Å². The number of hydrogen-bond acceptors (Lipinski definition) is 4. The van der Waals surface area contributed by atoms with Crippen molar-refractivity contribution < 1.29 is 0 Å². The van der Waals surface area contributed by atoms with Crippen molar-refractivity contribution in [3.8, 4) is 0 Å². The molecule has 0 bridgehead atoms. The zero-order chi connectivity index (χ0) is 16.5. The van der Waals surface area contributed by atoms with Gasteiger partial charge in [-0.3, -0.25) is 4.90 Å². The van der Waals surface area contributed by atoms with Crippen LogP contribution >= 0.6 is 0 Å². The summed E-state index contributed by atoms with van der Waals surface area (Å²) in [6, 6.07) is 0.814. The van der Waals surface area contributed by atoms with Crippen molar-refractivity contribution in [1.82, 2.24) is 29.2 Å². The number of likely N-dealkylation sites (tertiary alicyclic amines) is 1. The number of hydrogen-bond donors (Lipinski definition) is 0. The third-order valence-electron chi connectivity index (χ3n) is 5.89. The molecule has 0 N–H and O–H groups in total. The van der Waals surface area contributed by atoms with Crippen LogP contribution in [0.3, 0.4) is 0 Å². The van der Waals surface area contributed by atoms with E-state index in [1.54, 1.807) is 0 Å². The number of rotatable bonds is 4. The summed E-state index contributed by atoms with van der Waals surface area (Å²) in [7, 11) is 2.12. The summed E-state index contributed by atoms with van der Waals surface area (Å²) in [6.07, 6.45) is 11.9. The van der Waals surface area contributed by atoms with Crippen LogP contribution in [0.4, 0.5) is 0 Å². The predicted molar refractivity (Wildman–Crippen MR) is 92.9 cm³/mol. The highest BCUT2D eigenvalue weighted by atomic mass is 15.3. The van der Waals surface area contributed by atoms with E-state index in [1.807, 2.05) is 19.3 Å². The Morgan fingerprint density at radius 3 is 2.71 bits per heavy atom. The minimum atomic E-state index is 0.523. The normalized spacial score (nSPS) is 23.2. The first-order chi connectivity index (χ1) is 11.7. The van der Waals surface area contributed by atoms with Crippen molar-refractivity contribution in [1.29, 1.82) is 0 Å². The molecule has 3 heterocycles. The lowest BCUT2D eigenvalue weighted by Crippen LogP contribution is -2.41. The summed E-state index contributed by atoms with van der Waals surface area (Å²) in [6.45, 7) is 5.19. The summed E-state index contributed by atoms with van der Waals surface area (Å²) < 4.78 is 4.34. The lowest BCUT2D eigenvalue weighted by atomic mass is 9.95. The molecule has 24 heavy (non-hydrogen) atoms. The molecule has 2 aromatic heterocycles. The Hall–Kier alpha value is -1.69. The van der Waals surface area contributed by atoms with Crippen molar-refractivity contribution in [2.45, 2.75) is 64.0 Å². The fraction of sp³-hybridized carbons (Fsp3) is 0.722. The topological polar surface area (TPSA) is 51.8 Å². The lowest BCUT2D eigenvalue weighted by Gasteiger charge is -2.36. The molecule has 0 aromatic carbocycles. The van der Waals surface area contributed by atoms with Crippen LogP contribution in [0.15, 0.2) is 12.4 Å². The molecule has 2 fully saturated rings. The summed E-state index contributed by atoms with van der Waals surface area (Å²) in [5.74, 6) is 3.72. The molecule has 1 aliphatic heterocycles. The molecule has 0 spiro atoms. The minimum Gasteiger partial charge on any atom is -0.328 e. The van der Waals surface area contributed by atoms with Gasteiger partial charge in [-0.25, -0.2) is 4.98 Å². The first-order valence-electron chi connectivity index (χ1n) is 9.32. The lowest BCUT2D eigenvalue weighted by molar-refractivity contribution is 0.146. The van der Waals surface area contributed by atoms with E-state index in [2.05, 4.69) is 36.3 Å². The molecular weight excluding hydrogens is 300 g/mol. The van der Waals surface area contributed by atoms with Gasteiger partial charge in [0, 0.05) is 37.9 Å². The van der Waals surface area contributed by atoms with Crippen LogP contribution in [-0.2, 0) is 13.6 Å². The third kappa shape index (κ3) is 2.99.